The number of hydrogen-bond acceptors (Lipinski definition) is 4. The van der Waals surface area contributed by atoms with E-state index in [1.807, 2.05) is 0 Å². The molecule has 94 valence electrons. The summed E-state index contributed by atoms with van der Waals surface area (Å²) in [5.41, 5.74) is 0.437. The number of benzene rings is 1. The summed E-state index contributed by atoms with van der Waals surface area (Å²) < 4.78 is 0. The lowest BCUT2D eigenvalue weighted by Crippen LogP contribution is -2.16. The molecule has 3 N–H and O–H groups in total. The predicted octanol–water partition coefficient (Wildman–Crippen LogP) is 1.97. The second-order valence-electron chi connectivity index (χ2n) is 4.36. The molecule has 0 unspecified atom stereocenters. The van der Waals surface area contributed by atoms with Gasteiger partial charge in [-0.2, -0.15) is 4.98 Å². The number of aromatic nitrogens is 2. The Bertz CT molecular complexity index is 632. The number of phenolic OH excluding ortho intramolecular Hbond substituents is 1. The minimum atomic E-state index is -0.365. The summed E-state index contributed by atoms with van der Waals surface area (Å²) in [6.45, 7) is 3.61. The molecule has 0 bridgehead atoms. The van der Waals surface area contributed by atoms with E-state index in [-0.39, 0.29) is 34.5 Å². The molecule has 2 aromatic rings. The molecule has 0 fully saturated rings. The zero-order valence-corrected chi connectivity index (χ0v) is 10.1. The van der Waals surface area contributed by atoms with Crippen molar-refractivity contribution in [2.75, 3.05) is 0 Å². The smallest absolute Gasteiger partial charge is 0.258 e. The Hall–Kier alpha value is -2.30. The van der Waals surface area contributed by atoms with E-state index in [9.17, 15) is 15.0 Å². The largest absolute Gasteiger partial charge is 0.508 e. The monoisotopic (exact) mass is 246 g/mol. The lowest BCUT2D eigenvalue weighted by Gasteiger charge is -2.08. The average Bonchev–Trinajstić information content (AvgIpc) is 2.27. The highest BCUT2D eigenvalue weighted by molar-refractivity contribution is 5.58. The molecule has 0 aliphatic rings. The van der Waals surface area contributed by atoms with Crippen molar-refractivity contribution in [1.29, 1.82) is 0 Å². The fraction of sp³-hybridized carbons (Fsp3) is 0.231. The summed E-state index contributed by atoms with van der Waals surface area (Å²) in [4.78, 5) is 18.4. The molecule has 0 aliphatic carbocycles. The van der Waals surface area contributed by atoms with Crippen LogP contribution in [0.15, 0.2) is 29.1 Å². The lowest BCUT2D eigenvalue weighted by molar-refractivity contribution is 0.440. The van der Waals surface area contributed by atoms with Crippen molar-refractivity contribution in [3.05, 3.63) is 40.2 Å². The van der Waals surface area contributed by atoms with Gasteiger partial charge in [0.25, 0.3) is 5.56 Å². The standard InChI is InChI=1S/C13H14N2O3/c1-7(2)10-12(17)14-11(15-13(10)18)8-4-3-5-9(16)6-8/h3-7,16H,1-2H3,(H2,14,15,17,18). The minimum absolute atomic E-state index is 0.0718. The molecule has 5 nitrogen and oxygen atoms in total. The van der Waals surface area contributed by atoms with Crippen LogP contribution < -0.4 is 5.56 Å². The number of aromatic hydroxyl groups is 2. The van der Waals surface area contributed by atoms with Gasteiger partial charge in [-0.25, -0.2) is 0 Å². The molecule has 2 rings (SSSR count). The summed E-state index contributed by atoms with van der Waals surface area (Å²) in [6.07, 6.45) is 0. The van der Waals surface area contributed by atoms with E-state index < -0.39 is 0 Å². The van der Waals surface area contributed by atoms with Crippen LogP contribution in [0.3, 0.4) is 0 Å². The first kappa shape index (κ1) is 12.2. The van der Waals surface area contributed by atoms with Crippen molar-refractivity contribution < 1.29 is 10.2 Å². The van der Waals surface area contributed by atoms with Crippen molar-refractivity contribution in [2.45, 2.75) is 19.8 Å². The molecule has 0 amide bonds. The number of hydrogen-bond donors (Lipinski definition) is 3. The number of rotatable bonds is 2. The molecule has 5 heteroatoms. The normalized spacial score (nSPS) is 10.8. The Kier molecular flexibility index (Phi) is 3.06. The van der Waals surface area contributed by atoms with Gasteiger partial charge in [0.1, 0.15) is 11.6 Å². The van der Waals surface area contributed by atoms with Crippen LogP contribution in [0.25, 0.3) is 11.4 Å². The topological polar surface area (TPSA) is 86.2 Å². The van der Waals surface area contributed by atoms with Gasteiger partial charge < -0.3 is 15.2 Å². The quantitative estimate of drug-likeness (QED) is 0.756. The molecular weight excluding hydrogens is 232 g/mol. The highest BCUT2D eigenvalue weighted by atomic mass is 16.3. The van der Waals surface area contributed by atoms with Crippen LogP contribution in [-0.4, -0.2) is 20.2 Å². The third-order valence-electron chi connectivity index (χ3n) is 2.63. The Labute approximate surface area is 104 Å². The summed E-state index contributed by atoms with van der Waals surface area (Å²) in [7, 11) is 0. The SMILES string of the molecule is CC(C)c1c(O)nc(-c2cccc(O)c2)[nH]c1=O. The molecule has 1 heterocycles. The van der Waals surface area contributed by atoms with Crippen molar-refractivity contribution in [3.8, 4) is 23.0 Å². The Morgan fingerprint density at radius 2 is 2.00 bits per heavy atom. The van der Waals surface area contributed by atoms with Crippen LogP contribution in [0, 0.1) is 0 Å². The number of phenols is 1. The number of aromatic amines is 1. The molecule has 0 atom stereocenters. The fourth-order valence-electron chi connectivity index (χ4n) is 1.78. The van der Waals surface area contributed by atoms with E-state index in [0.717, 1.165) is 0 Å². The maximum Gasteiger partial charge on any atom is 0.258 e. The number of nitrogens with one attached hydrogen (secondary N) is 1. The van der Waals surface area contributed by atoms with E-state index in [4.69, 9.17) is 0 Å². The van der Waals surface area contributed by atoms with Gasteiger partial charge in [0.15, 0.2) is 0 Å². The Morgan fingerprint density at radius 1 is 1.28 bits per heavy atom. The number of H-pyrrole nitrogens is 1. The van der Waals surface area contributed by atoms with E-state index in [1.165, 1.54) is 12.1 Å². The molecule has 1 aromatic heterocycles. The lowest BCUT2D eigenvalue weighted by atomic mass is 10.1. The van der Waals surface area contributed by atoms with Crippen LogP contribution in [-0.2, 0) is 0 Å². The van der Waals surface area contributed by atoms with Gasteiger partial charge in [0.05, 0.1) is 5.56 Å². The van der Waals surface area contributed by atoms with Crippen molar-refractivity contribution >= 4 is 0 Å². The van der Waals surface area contributed by atoms with Crippen LogP contribution in [0.2, 0.25) is 0 Å². The predicted molar refractivity (Wildman–Crippen MR) is 67.7 cm³/mol. The maximum absolute atomic E-state index is 11.8. The van der Waals surface area contributed by atoms with E-state index >= 15 is 0 Å². The van der Waals surface area contributed by atoms with Gasteiger partial charge in [0, 0.05) is 5.56 Å². The molecule has 0 spiro atoms. The van der Waals surface area contributed by atoms with Gasteiger partial charge in [-0.1, -0.05) is 26.0 Å². The summed E-state index contributed by atoms with van der Waals surface area (Å²) in [5.74, 6) is -0.0769. The van der Waals surface area contributed by atoms with Gasteiger partial charge in [-0.15, -0.1) is 0 Å². The van der Waals surface area contributed by atoms with Crippen LogP contribution in [0.1, 0.15) is 25.3 Å². The highest BCUT2D eigenvalue weighted by Crippen LogP contribution is 2.24. The van der Waals surface area contributed by atoms with Crippen molar-refractivity contribution in [2.24, 2.45) is 0 Å². The van der Waals surface area contributed by atoms with Gasteiger partial charge in [-0.05, 0) is 18.1 Å². The Morgan fingerprint density at radius 3 is 2.56 bits per heavy atom. The Balaban J connectivity index is 2.59. The van der Waals surface area contributed by atoms with Crippen LogP contribution >= 0.6 is 0 Å². The third kappa shape index (κ3) is 2.20. The second kappa shape index (κ2) is 4.52. The molecule has 18 heavy (non-hydrogen) atoms. The fourth-order valence-corrected chi connectivity index (χ4v) is 1.78. The first-order valence-electron chi connectivity index (χ1n) is 5.61. The molecular formula is C13H14N2O3. The minimum Gasteiger partial charge on any atom is -0.508 e. The molecule has 0 saturated carbocycles. The summed E-state index contributed by atoms with van der Waals surface area (Å²) in [5, 5.41) is 19.2. The van der Waals surface area contributed by atoms with E-state index in [1.54, 1.807) is 26.0 Å². The second-order valence-corrected chi connectivity index (χ2v) is 4.36. The van der Waals surface area contributed by atoms with Crippen LogP contribution in [0.5, 0.6) is 11.6 Å². The van der Waals surface area contributed by atoms with Crippen molar-refractivity contribution in [3.63, 3.8) is 0 Å². The van der Waals surface area contributed by atoms with E-state index in [0.29, 0.717) is 5.56 Å². The first-order chi connectivity index (χ1) is 8.49. The first-order valence-corrected chi connectivity index (χ1v) is 5.61. The zero-order chi connectivity index (χ0) is 13.3. The molecule has 0 radical (unpaired) electrons. The molecule has 0 saturated heterocycles. The zero-order valence-electron chi connectivity index (χ0n) is 10.1. The van der Waals surface area contributed by atoms with Crippen LogP contribution in [0.4, 0.5) is 0 Å². The highest BCUT2D eigenvalue weighted by Gasteiger charge is 2.14. The molecule has 1 aromatic carbocycles. The van der Waals surface area contributed by atoms with Gasteiger partial charge in [-0.3, -0.25) is 4.79 Å². The average molecular weight is 246 g/mol. The third-order valence-corrected chi connectivity index (χ3v) is 2.63. The van der Waals surface area contributed by atoms with Crippen molar-refractivity contribution in [1.82, 2.24) is 9.97 Å². The maximum atomic E-state index is 11.8. The molecule has 0 aliphatic heterocycles. The summed E-state index contributed by atoms with van der Waals surface area (Å²) >= 11 is 0. The number of nitrogens with zero attached hydrogens (tertiary/aromatic N) is 1. The summed E-state index contributed by atoms with van der Waals surface area (Å²) in [6, 6.07) is 6.31. The van der Waals surface area contributed by atoms with Gasteiger partial charge >= 0.3 is 0 Å². The van der Waals surface area contributed by atoms with E-state index in [2.05, 4.69) is 9.97 Å². The van der Waals surface area contributed by atoms with Gasteiger partial charge in [0.2, 0.25) is 5.88 Å².